The second kappa shape index (κ2) is 9.27. The zero-order chi connectivity index (χ0) is 19.9. The molecule has 3 rings (SSSR count). The van der Waals surface area contributed by atoms with Gasteiger partial charge < -0.3 is 14.8 Å². The van der Waals surface area contributed by atoms with Gasteiger partial charge in [-0.25, -0.2) is 4.79 Å². The summed E-state index contributed by atoms with van der Waals surface area (Å²) >= 11 is 0. The maximum Gasteiger partial charge on any atom is 0.322 e. The standard InChI is InChI=1S/C24H29N3O/c1-4-20(3)27(24(28)25-22-14-12-19(2)13-15-22)18-23-11-8-16-26(23)17-21-9-6-5-7-10-21/h5-16,20H,4,17-18H2,1-3H3,(H,25,28). The summed E-state index contributed by atoms with van der Waals surface area (Å²) in [5.74, 6) is 0. The van der Waals surface area contributed by atoms with Gasteiger partial charge in [-0.15, -0.1) is 0 Å². The Labute approximate surface area is 167 Å². The Hall–Kier alpha value is -3.01. The van der Waals surface area contributed by atoms with Crippen molar-refractivity contribution in [1.82, 2.24) is 9.47 Å². The predicted octanol–water partition coefficient (Wildman–Crippen LogP) is 5.68. The highest BCUT2D eigenvalue weighted by atomic mass is 16.2. The molecule has 146 valence electrons. The summed E-state index contributed by atoms with van der Waals surface area (Å²) in [7, 11) is 0. The van der Waals surface area contributed by atoms with E-state index in [1.807, 2.05) is 48.2 Å². The van der Waals surface area contributed by atoms with Crippen LogP contribution in [0.25, 0.3) is 0 Å². The molecule has 0 fully saturated rings. The van der Waals surface area contributed by atoms with Crippen molar-refractivity contribution in [2.24, 2.45) is 0 Å². The number of anilines is 1. The Morgan fingerprint density at radius 3 is 2.43 bits per heavy atom. The third-order valence-electron chi connectivity index (χ3n) is 5.14. The highest BCUT2D eigenvalue weighted by Crippen LogP contribution is 2.16. The second-order valence-corrected chi connectivity index (χ2v) is 7.29. The molecule has 0 spiro atoms. The van der Waals surface area contributed by atoms with Gasteiger partial charge in [0.05, 0.1) is 6.54 Å². The van der Waals surface area contributed by atoms with E-state index < -0.39 is 0 Å². The number of nitrogens with zero attached hydrogens (tertiary/aromatic N) is 2. The quantitative estimate of drug-likeness (QED) is 0.567. The topological polar surface area (TPSA) is 37.3 Å². The van der Waals surface area contributed by atoms with Crippen LogP contribution in [0.5, 0.6) is 0 Å². The second-order valence-electron chi connectivity index (χ2n) is 7.29. The molecule has 0 bridgehead atoms. The van der Waals surface area contributed by atoms with E-state index in [2.05, 4.69) is 60.3 Å². The van der Waals surface area contributed by atoms with Crippen molar-refractivity contribution in [1.29, 1.82) is 0 Å². The molecule has 0 saturated carbocycles. The van der Waals surface area contributed by atoms with Crippen molar-refractivity contribution in [3.63, 3.8) is 0 Å². The number of aromatic nitrogens is 1. The lowest BCUT2D eigenvalue weighted by molar-refractivity contribution is 0.185. The average Bonchev–Trinajstić information content (AvgIpc) is 3.14. The van der Waals surface area contributed by atoms with Gasteiger partial charge >= 0.3 is 6.03 Å². The number of rotatable bonds is 7. The molecule has 1 atom stereocenters. The van der Waals surface area contributed by atoms with E-state index in [0.717, 1.165) is 24.3 Å². The molecule has 1 N–H and O–H groups in total. The minimum absolute atomic E-state index is 0.0642. The van der Waals surface area contributed by atoms with Crippen LogP contribution in [-0.4, -0.2) is 21.5 Å². The Bertz CT molecular complexity index is 884. The number of benzene rings is 2. The number of hydrogen-bond donors (Lipinski definition) is 1. The van der Waals surface area contributed by atoms with Gasteiger partial charge in [0.2, 0.25) is 0 Å². The Balaban J connectivity index is 1.75. The van der Waals surface area contributed by atoms with E-state index in [9.17, 15) is 4.79 Å². The summed E-state index contributed by atoms with van der Waals surface area (Å²) in [6.45, 7) is 7.63. The normalized spacial score (nSPS) is 11.8. The largest absolute Gasteiger partial charge is 0.345 e. The van der Waals surface area contributed by atoms with Crippen LogP contribution in [-0.2, 0) is 13.1 Å². The molecule has 0 aliphatic rings. The van der Waals surface area contributed by atoms with Gasteiger partial charge in [0, 0.05) is 30.2 Å². The molecule has 0 radical (unpaired) electrons. The fourth-order valence-corrected chi connectivity index (χ4v) is 3.18. The summed E-state index contributed by atoms with van der Waals surface area (Å²) in [6, 6.07) is 22.5. The summed E-state index contributed by atoms with van der Waals surface area (Å²) in [4.78, 5) is 14.9. The first-order valence-corrected chi connectivity index (χ1v) is 9.89. The first-order valence-electron chi connectivity index (χ1n) is 9.89. The van der Waals surface area contributed by atoms with Crippen LogP contribution >= 0.6 is 0 Å². The fraction of sp³-hybridized carbons (Fsp3) is 0.292. The van der Waals surface area contributed by atoms with Crippen LogP contribution in [0, 0.1) is 6.92 Å². The lowest BCUT2D eigenvalue weighted by Crippen LogP contribution is -2.41. The molecule has 0 saturated heterocycles. The molecule has 4 nitrogen and oxygen atoms in total. The Morgan fingerprint density at radius 1 is 1.04 bits per heavy atom. The molecular formula is C24H29N3O. The van der Waals surface area contributed by atoms with Crippen molar-refractivity contribution in [3.8, 4) is 0 Å². The maximum absolute atomic E-state index is 13.0. The van der Waals surface area contributed by atoms with E-state index in [1.54, 1.807) is 0 Å². The van der Waals surface area contributed by atoms with Crippen molar-refractivity contribution < 1.29 is 4.79 Å². The van der Waals surface area contributed by atoms with E-state index in [1.165, 1.54) is 11.1 Å². The zero-order valence-electron chi connectivity index (χ0n) is 16.9. The maximum atomic E-state index is 13.0. The Morgan fingerprint density at radius 2 is 1.75 bits per heavy atom. The molecule has 28 heavy (non-hydrogen) atoms. The number of hydrogen-bond acceptors (Lipinski definition) is 1. The number of carbonyl (C=O) groups is 1. The van der Waals surface area contributed by atoms with Crippen molar-refractivity contribution >= 4 is 11.7 Å². The smallest absolute Gasteiger partial charge is 0.322 e. The van der Waals surface area contributed by atoms with Crippen molar-refractivity contribution in [2.75, 3.05) is 5.32 Å². The Kier molecular flexibility index (Phi) is 6.53. The molecular weight excluding hydrogens is 346 g/mol. The van der Waals surface area contributed by atoms with Crippen molar-refractivity contribution in [3.05, 3.63) is 89.7 Å². The number of carbonyl (C=O) groups excluding carboxylic acids is 1. The molecule has 0 aliphatic carbocycles. The minimum atomic E-state index is -0.0642. The van der Waals surface area contributed by atoms with Crippen LogP contribution in [0.4, 0.5) is 10.5 Å². The summed E-state index contributed by atoms with van der Waals surface area (Å²) in [6.07, 6.45) is 2.98. The van der Waals surface area contributed by atoms with E-state index in [-0.39, 0.29) is 12.1 Å². The molecule has 3 aromatic rings. The van der Waals surface area contributed by atoms with Crippen LogP contribution in [0.15, 0.2) is 72.9 Å². The molecule has 2 amide bonds. The van der Waals surface area contributed by atoms with Gasteiger partial charge in [0.25, 0.3) is 0 Å². The number of urea groups is 1. The average molecular weight is 376 g/mol. The molecule has 1 aromatic heterocycles. The highest BCUT2D eigenvalue weighted by Gasteiger charge is 2.20. The van der Waals surface area contributed by atoms with Gasteiger partial charge in [-0.1, -0.05) is 55.0 Å². The summed E-state index contributed by atoms with van der Waals surface area (Å²) in [5.41, 5.74) is 4.38. The van der Waals surface area contributed by atoms with Gasteiger partial charge in [-0.3, -0.25) is 0 Å². The van der Waals surface area contributed by atoms with Crippen molar-refractivity contribution in [2.45, 2.75) is 46.3 Å². The lowest BCUT2D eigenvalue weighted by atomic mass is 10.2. The summed E-state index contributed by atoms with van der Waals surface area (Å²) < 4.78 is 2.21. The van der Waals surface area contributed by atoms with Crippen LogP contribution in [0.1, 0.15) is 37.1 Å². The third kappa shape index (κ3) is 5.03. The molecule has 2 aromatic carbocycles. The molecule has 1 unspecified atom stereocenters. The molecule has 1 heterocycles. The monoisotopic (exact) mass is 375 g/mol. The first-order chi connectivity index (χ1) is 13.6. The SMILES string of the molecule is CCC(C)N(Cc1cccn1Cc1ccccc1)C(=O)Nc1ccc(C)cc1. The number of nitrogens with one attached hydrogen (secondary N) is 1. The molecule has 0 aliphatic heterocycles. The van der Waals surface area contributed by atoms with Gasteiger partial charge in [0.1, 0.15) is 0 Å². The lowest BCUT2D eigenvalue weighted by Gasteiger charge is -2.29. The van der Waals surface area contributed by atoms with Gasteiger partial charge in [0.15, 0.2) is 0 Å². The van der Waals surface area contributed by atoms with E-state index in [4.69, 9.17) is 0 Å². The van der Waals surface area contributed by atoms with Gasteiger partial charge in [-0.05, 0) is 50.1 Å². The molecule has 4 heteroatoms. The number of amides is 2. The summed E-state index contributed by atoms with van der Waals surface area (Å²) in [5, 5.41) is 3.04. The van der Waals surface area contributed by atoms with E-state index in [0.29, 0.717) is 6.54 Å². The van der Waals surface area contributed by atoms with Gasteiger partial charge in [-0.2, -0.15) is 0 Å². The first kappa shape index (κ1) is 19.7. The fourth-order valence-electron chi connectivity index (χ4n) is 3.18. The third-order valence-corrected chi connectivity index (χ3v) is 5.14. The van der Waals surface area contributed by atoms with E-state index >= 15 is 0 Å². The van der Waals surface area contributed by atoms with Crippen LogP contribution in [0.3, 0.4) is 0 Å². The highest BCUT2D eigenvalue weighted by molar-refractivity contribution is 5.89. The number of aryl methyl sites for hydroxylation is 1. The zero-order valence-corrected chi connectivity index (χ0v) is 16.9. The minimum Gasteiger partial charge on any atom is -0.345 e. The predicted molar refractivity (Wildman–Crippen MR) is 115 cm³/mol. The van der Waals surface area contributed by atoms with Crippen LogP contribution in [0.2, 0.25) is 0 Å². The van der Waals surface area contributed by atoms with Crippen LogP contribution < -0.4 is 5.32 Å².